The summed E-state index contributed by atoms with van der Waals surface area (Å²) in [5.41, 5.74) is 0.0288. The topological polar surface area (TPSA) is 65.4 Å². The van der Waals surface area contributed by atoms with Gasteiger partial charge in [-0.05, 0) is 26.1 Å². The molecule has 0 radical (unpaired) electrons. The Kier molecular flexibility index (Phi) is 4.61. The van der Waals surface area contributed by atoms with Crippen LogP contribution in [0.1, 0.15) is 18.1 Å². The fourth-order valence-electron chi connectivity index (χ4n) is 1.28. The van der Waals surface area contributed by atoms with Crippen LogP contribution in [0.5, 0.6) is 0 Å². The predicted molar refractivity (Wildman–Crippen MR) is 53.7 cm³/mol. The quantitative estimate of drug-likeness (QED) is 0.614. The molecule has 0 amide bonds. The third kappa shape index (κ3) is 3.23. The molecule has 0 bridgehead atoms. The Morgan fingerprint density at radius 3 is 2.87 bits per heavy atom. The molecule has 0 aliphatic heterocycles. The highest BCUT2D eigenvalue weighted by Gasteiger charge is 2.21. The minimum Gasteiger partial charge on any atom is -0.390 e. The molecule has 5 heteroatoms. The molecule has 0 saturated heterocycles. The number of nitrogens with one attached hydrogen (secondary N) is 1. The molecule has 1 aromatic rings. The Morgan fingerprint density at radius 1 is 1.53 bits per heavy atom. The molecule has 1 heterocycles. The maximum absolute atomic E-state index is 13.1. The maximum Gasteiger partial charge on any atom is 0.218 e. The Bertz CT molecular complexity index is 309. The molecule has 1 rings (SSSR count). The number of aliphatic hydroxyl groups excluding tert-OH is 2. The number of hydrogen-bond acceptors (Lipinski definition) is 4. The molecule has 15 heavy (non-hydrogen) atoms. The van der Waals surface area contributed by atoms with Crippen molar-refractivity contribution in [2.45, 2.75) is 18.6 Å². The first-order chi connectivity index (χ1) is 7.16. The molecule has 84 valence electrons. The molecular weight excluding hydrogens is 199 g/mol. The van der Waals surface area contributed by atoms with E-state index in [0.717, 1.165) is 0 Å². The van der Waals surface area contributed by atoms with Crippen molar-refractivity contribution in [1.29, 1.82) is 0 Å². The molecule has 0 aromatic carbocycles. The number of nitrogens with zero attached hydrogens (tertiary/aromatic N) is 1. The van der Waals surface area contributed by atoms with Gasteiger partial charge in [-0.2, -0.15) is 4.39 Å². The lowest BCUT2D eigenvalue weighted by molar-refractivity contribution is 0.0115. The normalized spacial score (nSPS) is 14.9. The van der Waals surface area contributed by atoms with Crippen molar-refractivity contribution in [2.24, 2.45) is 0 Å². The molecule has 2 unspecified atom stereocenters. The van der Waals surface area contributed by atoms with Gasteiger partial charge in [0.15, 0.2) is 0 Å². The van der Waals surface area contributed by atoms with Gasteiger partial charge in [0.2, 0.25) is 5.95 Å². The molecule has 0 aliphatic rings. The van der Waals surface area contributed by atoms with Crippen molar-refractivity contribution in [3.8, 4) is 0 Å². The van der Waals surface area contributed by atoms with E-state index in [2.05, 4.69) is 10.3 Å². The van der Waals surface area contributed by atoms with Gasteiger partial charge in [-0.25, -0.2) is 4.98 Å². The van der Waals surface area contributed by atoms with Gasteiger partial charge in [0.25, 0.3) is 0 Å². The number of halogens is 1. The largest absolute Gasteiger partial charge is 0.390 e. The molecule has 4 nitrogen and oxygen atoms in total. The fraction of sp³-hybridized carbons (Fsp3) is 0.500. The fourth-order valence-corrected chi connectivity index (χ4v) is 1.28. The summed E-state index contributed by atoms with van der Waals surface area (Å²) >= 11 is 0. The number of aromatic nitrogens is 1. The SMILES string of the molecule is CNCCC(O)C(O)c1cccnc1F. The Labute approximate surface area is 87.8 Å². The van der Waals surface area contributed by atoms with Gasteiger partial charge in [-0.3, -0.25) is 0 Å². The minimum atomic E-state index is -1.23. The highest BCUT2D eigenvalue weighted by molar-refractivity contribution is 5.15. The van der Waals surface area contributed by atoms with Crippen molar-refractivity contribution < 1.29 is 14.6 Å². The molecular formula is C10H15FN2O2. The molecule has 0 saturated carbocycles. The molecule has 2 atom stereocenters. The second kappa shape index (κ2) is 5.75. The van der Waals surface area contributed by atoms with E-state index in [1.54, 1.807) is 7.05 Å². The average molecular weight is 214 g/mol. The third-order valence-electron chi connectivity index (χ3n) is 2.16. The van der Waals surface area contributed by atoms with E-state index >= 15 is 0 Å². The van der Waals surface area contributed by atoms with Crippen LogP contribution < -0.4 is 5.32 Å². The summed E-state index contributed by atoms with van der Waals surface area (Å²) in [5, 5.41) is 22.0. The zero-order valence-electron chi connectivity index (χ0n) is 8.52. The second-order valence-corrected chi connectivity index (χ2v) is 3.29. The highest BCUT2D eigenvalue weighted by Crippen LogP contribution is 2.19. The van der Waals surface area contributed by atoms with Gasteiger partial charge in [-0.15, -0.1) is 0 Å². The van der Waals surface area contributed by atoms with Crippen LogP contribution in [0.25, 0.3) is 0 Å². The first-order valence-corrected chi connectivity index (χ1v) is 4.78. The summed E-state index contributed by atoms with van der Waals surface area (Å²) in [7, 11) is 1.74. The first kappa shape index (κ1) is 12.0. The lowest BCUT2D eigenvalue weighted by Crippen LogP contribution is -2.24. The van der Waals surface area contributed by atoms with Crippen molar-refractivity contribution in [2.75, 3.05) is 13.6 Å². The van der Waals surface area contributed by atoms with E-state index in [1.807, 2.05) is 0 Å². The van der Waals surface area contributed by atoms with Crippen molar-refractivity contribution in [3.05, 3.63) is 29.8 Å². The minimum absolute atomic E-state index is 0.0288. The van der Waals surface area contributed by atoms with E-state index in [9.17, 15) is 14.6 Å². The van der Waals surface area contributed by atoms with Gasteiger partial charge in [0.05, 0.1) is 6.10 Å². The number of aliphatic hydroxyl groups is 2. The van der Waals surface area contributed by atoms with Crippen molar-refractivity contribution >= 4 is 0 Å². The van der Waals surface area contributed by atoms with Gasteiger partial charge < -0.3 is 15.5 Å². The molecule has 0 fully saturated rings. The van der Waals surface area contributed by atoms with Crippen LogP contribution in [0.3, 0.4) is 0 Å². The lowest BCUT2D eigenvalue weighted by atomic mass is 10.0. The Morgan fingerprint density at radius 2 is 2.27 bits per heavy atom. The first-order valence-electron chi connectivity index (χ1n) is 4.78. The molecule has 0 spiro atoms. The van der Waals surface area contributed by atoms with E-state index < -0.39 is 18.2 Å². The lowest BCUT2D eigenvalue weighted by Gasteiger charge is -2.17. The summed E-state index contributed by atoms with van der Waals surface area (Å²) in [6.07, 6.45) is -0.569. The van der Waals surface area contributed by atoms with E-state index in [1.165, 1.54) is 18.3 Å². The van der Waals surface area contributed by atoms with E-state index in [4.69, 9.17) is 0 Å². The smallest absolute Gasteiger partial charge is 0.218 e. The standard InChI is InChI=1S/C10H15FN2O2/c1-12-6-4-8(14)9(15)7-3-2-5-13-10(7)11/h2-3,5,8-9,12,14-15H,4,6H2,1H3. The summed E-state index contributed by atoms with van der Waals surface area (Å²) in [5.74, 6) is -0.742. The summed E-state index contributed by atoms with van der Waals surface area (Å²) in [6, 6.07) is 2.93. The number of rotatable bonds is 5. The van der Waals surface area contributed by atoms with Crippen LogP contribution in [0.15, 0.2) is 18.3 Å². The average Bonchev–Trinajstić information content (AvgIpc) is 2.25. The zero-order chi connectivity index (χ0) is 11.3. The van der Waals surface area contributed by atoms with Crippen LogP contribution in [-0.4, -0.2) is 34.9 Å². The Balaban J connectivity index is 2.67. The van der Waals surface area contributed by atoms with Gasteiger partial charge in [-0.1, -0.05) is 6.07 Å². The summed E-state index contributed by atoms with van der Waals surface area (Å²) in [6.45, 7) is 0.556. The van der Waals surface area contributed by atoms with E-state index in [-0.39, 0.29) is 5.56 Å². The highest BCUT2D eigenvalue weighted by atomic mass is 19.1. The molecule has 3 N–H and O–H groups in total. The molecule has 0 aliphatic carbocycles. The Hall–Kier alpha value is -1.04. The predicted octanol–water partition coefficient (Wildman–Crippen LogP) is 0.224. The second-order valence-electron chi connectivity index (χ2n) is 3.29. The van der Waals surface area contributed by atoms with Crippen LogP contribution in [0.4, 0.5) is 4.39 Å². The summed E-state index contributed by atoms with van der Waals surface area (Å²) < 4.78 is 13.1. The van der Waals surface area contributed by atoms with Gasteiger partial charge >= 0.3 is 0 Å². The zero-order valence-corrected chi connectivity index (χ0v) is 8.52. The van der Waals surface area contributed by atoms with Gasteiger partial charge in [0.1, 0.15) is 6.10 Å². The van der Waals surface area contributed by atoms with E-state index in [0.29, 0.717) is 13.0 Å². The van der Waals surface area contributed by atoms with Crippen LogP contribution in [-0.2, 0) is 0 Å². The third-order valence-corrected chi connectivity index (χ3v) is 2.16. The van der Waals surface area contributed by atoms with Crippen molar-refractivity contribution in [1.82, 2.24) is 10.3 Å². The number of pyridine rings is 1. The van der Waals surface area contributed by atoms with Gasteiger partial charge in [0, 0.05) is 11.8 Å². The maximum atomic E-state index is 13.1. The number of hydrogen-bond donors (Lipinski definition) is 3. The van der Waals surface area contributed by atoms with Crippen LogP contribution in [0, 0.1) is 5.95 Å². The summed E-state index contributed by atoms with van der Waals surface area (Å²) in [4.78, 5) is 3.41. The van der Waals surface area contributed by atoms with Crippen LogP contribution >= 0.6 is 0 Å². The monoisotopic (exact) mass is 214 g/mol. The van der Waals surface area contributed by atoms with Crippen molar-refractivity contribution in [3.63, 3.8) is 0 Å². The molecule has 1 aromatic heterocycles. The van der Waals surface area contributed by atoms with Crippen LogP contribution in [0.2, 0.25) is 0 Å².